The summed E-state index contributed by atoms with van der Waals surface area (Å²) in [7, 11) is 2.06. The molecule has 0 bridgehead atoms. The molecule has 0 spiro atoms. The lowest BCUT2D eigenvalue weighted by molar-refractivity contribution is 0.109. The topological polar surface area (TPSA) is 33.5 Å². The third-order valence-corrected chi connectivity index (χ3v) is 2.61. The molecule has 13 heavy (non-hydrogen) atoms. The second-order valence-electron chi connectivity index (χ2n) is 3.75. The summed E-state index contributed by atoms with van der Waals surface area (Å²) in [5, 5.41) is 0. The van der Waals surface area contributed by atoms with E-state index in [-0.39, 0.29) is 0 Å². The van der Waals surface area contributed by atoms with Crippen molar-refractivity contribution in [2.24, 2.45) is 0 Å². The van der Waals surface area contributed by atoms with Crippen molar-refractivity contribution in [3.05, 3.63) is 23.2 Å². The van der Waals surface area contributed by atoms with Crippen LogP contribution in [0.1, 0.15) is 34.5 Å². The number of furan rings is 1. The van der Waals surface area contributed by atoms with Gasteiger partial charge in [-0.2, -0.15) is 0 Å². The van der Waals surface area contributed by atoms with E-state index in [1.165, 1.54) is 5.56 Å². The minimum atomic E-state index is 0.464. The van der Waals surface area contributed by atoms with E-state index in [9.17, 15) is 4.79 Å². The maximum absolute atomic E-state index is 10.6. The van der Waals surface area contributed by atoms with Crippen LogP contribution < -0.4 is 0 Å². The third kappa shape index (κ3) is 1.29. The Morgan fingerprint density at radius 1 is 1.69 bits per heavy atom. The maximum atomic E-state index is 10.6. The molecule has 3 nitrogen and oxygen atoms in total. The summed E-state index contributed by atoms with van der Waals surface area (Å²) in [6.45, 7) is 4.01. The molecule has 2 heterocycles. The number of likely N-dealkylation sites (N-methyl/N-ethyl adjacent to an activating group) is 1. The number of hydrogen-bond acceptors (Lipinski definition) is 3. The molecule has 2 rings (SSSR count). The van der Waals surface area contributed by atoms with Crippen LogP contribution in [0.5, 0.6) is 0 Å². The molecule has 1 atom stereocenters. The predicted octanol–water partition coefficient (Wildman–Crippen LogP) is 1.64. The highest BCUT2D eigenvalue weighted by atomic mass is 16.3. The van der Waals surface area contributed by atoms with E-state index >= 15 is 0 Å². The summed E-state index contributed by atoms with van der Waals surface area (Å²) in [5.74, 6) is 0.958. The van der Waals surface area contributed by atoms with Gasteiger partial charge in [0.15, 0.2) is 12.0 Å². The number of rotatable bonds is 1. The van der Waals surface area contributed by atoms with Crippen LogP contribution in [0.15, 0.2) is 10.7 Å². The molecule has 3 heteroatoms. The highest BCUT2D eigenvalue weighted by molar-refractivity contribution is 5.74. The predicted molar refractivity (Wildman–Crippen MR) is 48.8 cm³/mol. The van der Waals surface area contributed by atoms with Crippen LogP contribution in [0.4, 0.5) is 0 Å². The standard InChI is InChI=1S/C10H13NO2/c1-7-3-11(2)4-8-9(7)6-13-10(8)5-12/h5-7H,3-4H2,1-2H3. The average molecular weight is 179 g/mol. The molecular weight excluding hydrogens is 166 g/mol. The first-order chi connectivity index (χ1) is 6.22. The third-order valence-electron chi connectivity index (χ3n) is 2.61. The van der Waals surface area contributed by atoms with Crippen molar-refractivity contribution in [1.82, 2.24) is 4.90 Å². The van der Waals surface area contributed by atoms with Gasteiger partial charge in [0.25, 0.3) is 0 Å². The summed E-state index contributed by atoms with van der Waals surface area (Å²) in [5.41, 5.74) is 2.26. The first kappa shape index (κ1) is 8.51. The number of nitrogens with zero attached hydrogens (tertiary/aromatic N) is 1. The van der Waals surface area contributed by atoms with E-state index in [1.54, 1.807) is 6.26 Å². The van der Waals surface area contributed by atoms with Crippen molar-refractivity contribution in [1.29, 1.82) is 0 Å². The molecule has 0 aromatic carbocycles. The van der Waals surface area contributed by atoms with E-state index in [0.717, 1.165) is 24.9 Å². The minimum Gasteiger partial charge on any atom is -0.461 e. The molecule has 1 aliphatic rings. The number of carbonyl (C=O) groups excluding carboxylic acids is 1. The van der Waals surface area contributed by atoms with Gasteiger partial charge in [0, 0.05) is 18.7 Å². The lowest BCUT2D eigenvalue weighted by Gasteiger charge is -2.27. The van der Waals surface area contributed by atoms with Crippen molar-refractivity contribution in [2.75, 3.05) is 13.6 Å². The van der Waals surface area contributed by atoms with Gasteiger partial charge in [-0.3, -0.25) is 4.79 Å². The first-order valence-corrected chi connectivity index (χ1v) is 4.46. The van der Waals surface area contributed by atoms with Gasteiger partial charge in [-0.25, -0.2) is 0 Å². The highest BCUT2D eigenvalue weighted by Gasteiger charge is 2.24. The number of hydrogen-bond donors (Lipinski definition) is 0. The molecule has 0 N–H and O–H groups in total. The molecule has 0 radical (unpaired) electrons. The quantitative estimate of drug-likeness (QED) is 0.614. The average Bonchev–Trinajstić information content (AvgIpc) is 2.47. The molecule has 0 aliphatic carbocycles. The fraction of sp³-hybridized carbons (Fsp3) is 0.500. The zero-order valence-electron chi connectivity index (χ0n) is 7.91. The molecule has 1 aromatic rings. The van der Waals surface area contributed by atoms with Crippen molar-refractivity contribution in [3.63, 3.8) is 0 Å². The SMILES string of the molecule is CC1CN(C)Cc2c1coc2C=O. The molecule has 0 saturated heterocycles. The van der Waals surface area contributed by atoms with Gasteiger partial charge in [0.05, 0.1) is 6.26 Å². The molecule has 1 aliphatic heterocycles. The Morgan fingerprint density at radius 3 is 3.15 bits per heavy atom. The van der Waals surface area contributed by atoms with Gasteiger partial charge >= 0.3 is 0 Å². The van der Waals surface area contributed by atoms with Crippen molar-refractivity contribution in [3.8, 4) is 0 Å². The Labute approximate surface area is 77.3 Å². The Balaban J connectivity index is 2.45. The fourth-order valence-corrected chi connectivity index (χ4v) is 1.99. The van der Waals surface area contributed by atoms with E-state index in [1.807, 2.05) is 0 Å². The van der Waals surface area contributed by atoms with Gasteiger partial charge < -0.3 is 9.32 Å². The van der Waals surface area contributed by atoms with Gasteiger partial charge in [-0.1, -0.05) is 6.92 Å². The number of fused-ring (bicyclic) bond motifs is 1. The number of carbonyl (C=O) groups is 1. The Bertz CT molecular complexity index is 330. The molecule has 1 aromatic heterocycles. The van der Waals surface area contributed by atoms with Crippen LogP contribution in [0.2, 0.25) is 0 Å². The molecule has 0 fully saturated rings. The Hall–Kier alpha value is -1.09. The lowest BCUT2D eigenvalue weighted by Crippen LogP contribution is -2.28. The zero-order valence-corrected chi connectivity index (χ0v) is 7.91. The number of aldehydes is 1. The van der Waals surface area contributed by atoms with Crippen molar-refractivity contribution >= 4 is 6.29 Å². The molecule has 0 saturated carbocycles. The van der Waals surface area contributed by atoms with E-state index in [4.69, 9.17) is 4.42 Å². The van der Waals surface area contributed by atoms with Gasteiger partial charge in [-0.05, 0) is 18.5 Å². The maximum Gasteiger partial charge on any atom is 0.185 e. The Kier molecular flexibility index (Phi) is 1.96. The van der Waals surface area contributed by atoms with Crippen LogP contribution in [0.25, 0.3) is 0 Å². The second kappa shape index (κ2) is 3.00. The van der Waals surface area contributed by atoms with Crippen LogP contribution in [0.3, 0.4) is 0 Å². The van der Waals surface area contributed by atoms with Crippen LogP contribution in [-0.2, 0) is 6.54 Å². The summed E-state index contributed by atoms with van der Waals surface area (Å²) in [6.07, 6.45) is 2.52. The largest absolute Gasteiger partial charge is 0.461 e. The van der Waals surface area contributed by atoms with E-state index in [2.05, 4.69) is 18.9 Å². The molecule has 70 valence electrons. The smallest absolute Gasteiger partial charge is 0.185 e. The summed E-state index contributed by atoms with van der Waals surface area (Å²) in [4.78, 5) is 12.8. The monoisotopic (exact) mass is 179 g/mol. The lowest BCUT2D eigenvalue weighted by atomic mass is 9.94. The fourth-order valence-electron chi connectivity index (χ4n) is 1.99. The Morgan fingerprint density at radius 2 is 2.46 bits per heavy atom. The van der Waals surface area contributed by atoms with Crippen molar-refractivity contribution < 1.29 is 9.21 Å². The molecule has 1 unspecified atom stereocenters. The van der Waals surface area contributed by atoms with E-state index in [0.29, 0.717) is 11.7 Å². The first-order valence-electron chi connectivity index (χ1n) is 4.46. The summed E-state index contributed by atoms with van der Waals surface area (Å²) >= 11 is 0. The molecular formula is C10H13NO2. The van der Waals surface area contributed by atoms with Gasteiger partial charge in [0.1, 0.15) is 0 Å². The summed E-state index contributed by atoms with van der Waals surface area (Å²) in [6, 6.07) is 0. The van der Waals surface area contributed by atoms with Crippen LogP contribution in [-0.4, -0.2) is 24.8 Å². The second-order valence-corrected chi connectivity index (χ2v) is 3.75. The zero-order chi connectivity index (χ0) is 9.42. The van der Waals surface area contributed by atoms with E-state index < -0.39 is 0 Å². The highest BCUT2D eigenvalue weighted by Crippen LogP contribution is 2.30. The minimum absolute atomic E-state index is 0.464. The van der Waals surface area contributed by atoms with Gasteiger partial charge in [-0.15, -0.1) is 0 Å². The van der Waals surface area contributed by atoms with Crippen molar-refractivity contribution in [2.45, 2.75) is 19.4 Å². The molecule has 0 amide bonds. The summed E-state index contributed by atoms with van der Waals surface area (Å²) < 4.78 is 5.19. The normalized spacial score (nSPS) is 22.8. The van der Waals surface area contributed by atoms with Crippen LogP contribution in [0, 0.1) is 0 Å². The van der Waals surface area contributed by atoms with Gasteiger partial charge in [0.2, 0.25) is 0 Å². The van der Waals surface area contributed by atoms with Crippen LogP contribution >= 0.6 is 0 Å².